The lowest BCUT2D eigenvalue weighted by atomic mass is 10.3. The molecule has 5 nitrogen and oxygen atoms in total. The van der Waals surface area contributed by atoms with Crippen LogP contribution in [-0.2, 0) is 4.79 Å². The van der Waals surface area contributed by atoms with E-state index in [1.165, 1.54) is 0 Å². The van der Waals surface area contributed by atoms with Crippen molar-refractivity contribution in [1.82, 2.24) is 9.88 Å². The summed E-state index contributed by atoms with van der Waals surface area (Å²) >= 11 is 5.98. The van der Waals surface area contributed by atoms with Gasteiger partial charge in [-0.3, -0.25) is 4.79 Å². The van der Waals surface area contributed by atoms with Crippen molar-refractivity contribution < 1.29 is 9.21 Å². The standard InChI is InChI=1S/C16H18ClN3O2/c17-12-4-5-13-14(10-12)22-16(18-13)20-7-1-6-19(8-9-20)15(21)11-2-3-11/h4-5,10-11H,1-3,6-9H2. The van der Waals surface area contributed by atoms with E-state index in [0.717, 1.165) is 51.0 Å². The molecule has 1 saturated heterocycles. The van der Waals surface area contributed by atoms with Gasteiger partial charge in [0.05, 0.1) is 0 Å². The lowest BCUT2D eigenvalue weighted by Gasteiger charge is -2.21. The van der Waals surface area contributed by atoms with E-state index in [1.54, 1.807) is 6.07 Å². The fourth-order valence-electron chi connectivity index (χ4n) is 2.94. The topological polar surface area (TPSA) is 49.6 Å². The van der Waals surface area contributed by atoms with E-state index >= 15 is 0 Å². The molecule has 2 heterocycles. The number of halogens is 1. The molecule has 0 radical (unpaired) electrons. The number of carbonyl (C=O) groups excluding carboxylic acids is 1. The molecule has 4 rings (SSSR count). The second-order valence-electron chi connectivity index (χ2n) is 6.05. The van der Waals surface area contributed by atoms with Gasteiger partial charge in [0.1, 0.15) is 5.52 Å². The fraction of sp³-hybridized carbons (Fsp3) is 0.500. The first-order valence-electron chi connectivity index (χ1n) is 7.80. The lowest BCUT2D eigenvalue weighted by Crippen LogP contribution is -2.36. The molecule has 0 atom stereocenters. The van der Waals surface area contributed by atoms with Crippen LogP contribution in [-0.4, -0.2) is 42.0 Å². The summed E-state index contributed by atoms with van der Waals surface area (Å²) in [4.78, 5) is 20.8. The predicted octanol–water partition coefficient (Wildman–Crippen LogP) is 2.93. The molecule has 116 valence electrons. The van der Waals surface area contributed by atoms with E-state index in [-0.39, 0.29) is 5.92 Å². The third-order valence-electron chi connectivity index (χ3n) is 4.34. The van der Waals surface area contributed by atoms with Gasteiger partial charge in [0, 0.05) is 43.2 Å². The van der Waals surface area contributed by atoms with Crippen LogP contribution in [0.1, 0.15) is 19.3 Å². The molecule has 2 aliphatic rings. The van der Waals surface area contributed by atoms with Crippen molar-refractivity contribution in [3.05, 3.63) is 23.2 Å². The van der Waals surface area contributed by atoms with Crippen molar-refractivity contribution in [2.45, 2.75) is 19.3 Å². The molecule has 0 spiro atoms. The molecule has 2 aromatic rings. The number of rotatable bonds is 2. The van der Waals surface area contributed by atoms with E-state index in [9.17, 15) is 4.79 Å². The Morgan fingerprint density at radius 2 is 2.09 bits per heavy atom. The molecule has 22 heavy (non-hydrogen) atoms. The van der Waals surface area contributed by atoms with Crippen molar-refractivity contribution in [3.8, 4) is 0 Å². The van der Waals surface area contributed by atoms with Crippen molar-refractivity contribution in [2.75, 3.05) is 31.1 Å². The highest BCUT2D eigenvalue weighted by molar-refractivity contribution is 6.31. The quantitative estimate of drug-likeness (QED) is 0.854. The molecule has 0 N–H and O–H groups in total. The van der Waals surface area contributed by atoms with Gasteiger partial charge in [0.15, 0.2) is 5.58 Å². The van der Waals surface area contributed by atoms with E-state index in [2.05, 4.69) is 9.88 Å². The normalized spacial score (nSPS) is 19.5. The summed E-state index contributed by atoms with van der Waals surface area (Å²) in [5, 5.41) is 0.646. The minimum atomic E-state index is 0.290. The number of fused-ring (bicyclic) bond motifs is 1. The monoisotopic (exact) mass is 319 g/mol. The van der Waals surface area contributed by atoms with Gasteiger partial charge in [0.25, 0.3) is 6.01 Å². The zero-order valence-corrected chi connectivity index (χ0v) is 13.1. The average Bonchev–Trinajstić information content (AvgIpc) is 3.30. The Kier molecular flexibility index (Phi) is 3.45. The molecular weight excluding hydrogens is 302 g/mol. The molecule has 1 aliphatic heterocycles. The van der Waals surface area contributed by atoms with Crippen molar-refractivity contribution >= 4 is 34.6 Å². The van der Waals surface area contributed by atoms with E-state index in [0.29, 0.717) is 22.5 Å². The molecule has 1 saturated carbocycles. The first-order chi connectivity index (χ1) is 10.7. The number of hydrogen-bond acceptors (Lipinski definition) is 4. The lowest BCUT2D eigenvalue weighted by molar-refractivity contribution is -0.132. The summed E-state index contributed by atoms with van der Waals surface area (Å²) in [6, 6.07) is 6.09. The largest absolute Gasteiger partial charge is 0.423 e. The number of hydrogen-bond donors (Lipinski definition) is 0. The second kappa shape index (κ2) is 5.47. The van der Waals surface area contributed by atoms with Gasteiger partial charge in [-0.25, -0.2) is 0 Å². The summed E-state index contributed by atoms with van der Waals surface area (Å²) in [5.41, 5.74) is 1.52. The van der Waals surface area contributed by atoms with Gasteiger partial charge >= 0.3 is 0 Å². The maximum atomic E-state index is 12.2. The summed E-state index contributed by atoms with van der Waals surface area (Å²) in [6.07, 6.45) is 3.06. The zero-order valence-electron chi connectivity index (χ0n) is 12.3. The van der Waals surface area contributed by atoms with Crippen molar-refractivity contribution in [2.24, 2.45) is 5.92 Å². The van der Waals surface area contributed by atoms with Gasteiger partial charge in [-0.1, -0.05) is 11.6 Å². The van der Waals surface area contributed by atoms with Crippen LogP contribution in [0.3, 0.4) is 0 Å². The highest BCUT2D eigenvalue weighted by Crippen LogP contribution is 2.31. The SMILES string of the molecule is O=C(C1CC1)N1CCCN(c2nc3ccc(Cl)cc3o2)CC1. The fourth-order valence-corrected chi connectivity index (χ4v) is 3.10. The second-order valence-corrected chi connectivity index (χ2v) is 6.49. The first kappa shape index (κ1) is 13.9. The first-order valence-corrected chi connectivity index (χ1v) is 8.18. The number of aromatic nitrogens is 1. The number of amides is 1. The van der Waals surface area contributed by atoms with Crippen LogP contribution in [0.15, 0.2) is 22.6 Å². The van der Waals surface area contributed by atoms with Gasteiger partial charge in [0.2, 0.25) is 5.91 Å². The minimum absolute atomic E-state index is 0.290. The molecule has 2 fully saturated rings. The molecule has 1 amide bonds. The Labute approximate surface area is 133 Å². The van der Waals surface area contributed by atoms with Gasteiger partial charge in [-0.2, -0.15) is 4.98 Å². The minimum Gasteiger partial charge on any atom is -0.423 e. The summed E-state index contributed by atoms with van der Waals surface area (Å²) in [6.45, 7) is 3.20. The van der Waals surface area contributed by atoms with Gasteiger partial charge in [-0.15, -0.1) is 0 Å². The predicted molar refractivity (Wildman–Crippen MR) is 85.2 cm³/mol. The van der Waals surface area contributed by atoms with Crippen molar-refractivity contribution in [1.29, 1.82) is 0 Å². The number of benzene rings is 1. The Morgan fingerprint density at radius 3 is 2.91 bits per heavy atom. The Morgan fingerprint density at radius 1 is 1.23 bits per heavy atom. The number of carbonyl (C=O) groups is 1. The van der Waals surface area contributed by atoms with Crippen LogP contribution < -0.4 is 4.90 Å². The molecule has 6 heteroatoms. The van der Waals surface area contributed by atoms with Crippen LogP contribution in [0.4, 0.5) is 6.01 Å². The summed E-state index contributed by atoms with van der Waals surface area (Å²) < 4.78 is 5.83. The molecule has 1 aliphatic carbocycles. The van der Waals surface area contributed by atoms with E-state index in [1.807, 2.05) is 17.0 Å². The number of oxazole rings is 1. The molecule has 1 aromatic heterocycles. The Balaban J connectivity index is 1.50. The third kappa shape index (κ3) is 2.65. The van der Waals surface area contributed by atoms with Crippen LogP contribution in [0.2, 0.25) is 5.02 Å². The molecule has 0 unspecified atom stereocenters. The Bertz CT molecular complexity index is 710. The highest BCUT2D eigenvalue weighted by atomic mass is 35.5. The van der Waals surface area contributed by atoms with Crippen LogP contribution >= 0.6 is 11.6 Å². The van der Waals surface area contributed by atoms with Gasteiger partial charge < -0.3 is 14.2 Å². The molecule has 1 aromatic carbocycles. The summed E-state index contributed by atoms with van der Waals surface area (Å²) in [7, 11) is 0. The van der Waals surface area contributed by atoms with Gasteiger partial charge in [-0.05, 0) is 31.4 Å². The maximum Gasteiger partial charge on any atom is 0.298 e. The van der Waals surface area contributed by atoms with E-state index < -0.39 is 0 Å². The zero-order chi connectivity index (χ0) is 15.1. The van der Waals surface area contributed by atoms with Crippen LogP contribution in [0.25, 0.3) is 11.1 Å². The molecule has 0 bridgehead atoms. The molecular formula is C16H18ClN3O2. The number of anilines is 1. The summed E-state index contributed by atoms with van der Waals surface area (Å²) in [5.74, 6) is 0.615. The van der Waals surface area contributed by atoms with Crippen molar-refractivity contribution in [3.63, 3.8) is 0 Å². The third-order valence-corrected chi connectivity index (χ3v) is 4.58. The maximum absolute atomic E-state index is 12.2. The van der Waals surface area contributed by atoms with Crippen LogP contribution in [0.5, 0.6) is 0 Å². The average molecular weight is 320 g/mol. The highest BCUT2D eigenvalue weighted by Gasteiger charge is 2.34. The Hall–Kier alpha value is -1.75. The smallest absolute Gasteiger partial charge is 0.298 e. The number of nitrogens with zero attached hydrogens (tertiary/aromatic N) is 3. The van der Waals surface area contributed by atoms with E-state index in [4.69, 9.17) is 16.0 Å². The van der Waals surface area contributed by atoms with Crippen LogP contribution in [0, 0.1) is 5.92 Å².